The normalized spacial score (nSPS) is 11.6. The lowest BCUT2D eigenvalue weighted by Crippen LogP contribution is -2.44. The SMILES string of the molecule is CCC(=O)NC(C(=O)N(CCc1ccc(C)cc1)c1ccc(C)c(C)c1)c1ccccc1. The first kappa shape index (κ1) is 23.3. The summed E-state index contributed by atoms with van der Waals surface area (Å²) in [4.78, 5) is 28.0. The Morgan fingerprint density at radius 1 is 0.875 bits per heavy atom. The Labute approximate surface area is 191 Å². The number of aryl methyl sites for hydroxylation is 3. The summed E-state index contributed by atoms with van der Waals surface area (Å²) in [6.07, 6.45) is 1.05. The fourth-order valence-electron chi connectivity index (χ4n) is 3.61. The van der Waals surface area contributed by atoms with Crippen molar-refractivity contribution in [3.63, 3.8) is 0 Å². The Balaban J connectivity index is 1.96. The molecule has 4 heteroatoms. The minimum atomic E-state index is -0.733. The lowest BCUT2D eigenvalue weighted by Gasteiger charge is -2.29. The van der Waals surface area contributed by atoms with E-state index in [0.717, 1.165) is 23.2 Å². The number of carbonyl (C=O) groups excluding carboxylic acids is 2. The Hall–Kier alpha value is -3.40. The third-order valence-electron chi connectivity index (χ3n) is 5.82. The average Bonchev–Trinajstić information content (AvgIpc) is 2.81. The van der Waals surface area contributed by atoms with Gasteiger partial charge in [-0.2, -0.15) is 0 Å². The van der Waals surface area contributed by atoms with Gasteiger partial charge in [0.25, 0.3) is 5.91 Å². The summed E-state index contributed by atoms with van der Waals surface area (Å²) >= 11 is 0. The quantitative estimate of drug-likeness (QED) is 0.518. The first-order valence-corrected chi connectivity index (χ1v) is 11.2. The predicted octanol–water partition coefficient (Wildman–Crippen LogP) is 5.46. The molecule has 1 atom stereocenters. The summed E-state index contributed by atoms with van der Waals surface area (Å²) in [7, 11) is 0. The molecule has 1 unspecified atom stereocenters. The molecule has 3 aromatic rings. The van der Waals surface area contributed by atoms with E-state index in [1.165, 1.54) is 16.7 Å². The molecule has 0 bridgehead atoms. The van der Waals surface area contributed by atoms with Crippen LogP contribution in [0.1, 0.15) is 47.2 Å². The van der Waals surface area contributed by atoms with Gasteiger partial charge in [-0.05, 0) is 61.6 Å². The maximum absolute atomic E-state index is 13.9. The molecule has 166 valence electrons. The third-order valence-corrected chi connectivity index (χ3v) is 5.82. The number of amides is 2. The molecule has 0 saturated heterocycles. The van der Waals surface area contributed by atoms with Crippen molar-refractivity contribution in [1.29, 1.82) is 0 Å². The second-order valence-corrected chi connectivity index (χ2v) is 8.26. The van der Waals surface area contributed by atoms with Crippen LogP contribution in [0.15, 0.2) is 72.8 Å². The number of hydrogen-bond donors (Lipinski definition) is 1. The molecule has 2 amide bonds. The van der Waals surface area contributed by atoms with Crippen molar-refractivity contribution in [3.05, 3.63) is 101 Å². The van der Waals surface area contributed by atoms with Gasteiger partial charge in [-0.3, -0.25) is 9.59 Å². The van der Waals surface area contributed by atoms with Crippen molar-refractivity contribution in [1.82, 2.24) is 5.32 Å². The molecule has 0 aliphatic rings. The van der Waals surface area contributed by atoms with Crippen molar-refractivity contribution in [2.24, 2.45) is 0 Å². The zero-order valence-corrected chi connectivity index (χ0v) is 19.4. The second kappa shape index (κ2) is 10.8. The van der Waals surface area contributed by atoms with Crippen molar-refractivity contribution in [2.75, 3.05) is 11.4 Å². The van der Waals surface area contributed by atoms with Gasteiger partial charge >= 0.3 is 0 Å². The molecule has 0 aromatic heterocycles. The highest BCUT2D eigenvalue weighted by atomic mass is 16.2. The van der Waals surface area contributed by atoms with Crippen LogP contribution in [0.5, 0.6) is 0 Å². The van der Waals surface area contributed by atoms with E-state index in [2.05, 4.69) is 50.4 Å². The molecule has 3 rings (SSSR count). The van der Waals surface area contributed by atoms with Crippen LogP contribution in [0.2, 0.25) is 0 Å². The van der Waals surface area contributed by atoms with Gasteiger partial charge in [-0.25, -0.2) is 0 Å². The number of carbonyl (C=O) groups is 2. The van der Waals surface area contributed by atoms with E-state index >= 15 is 0 Å². The van der Waals surface area contributed by atoms with E-state index in [9.17, 15) is 9.59 Å². The van der Waals surface area contributed by atoms with Gasteiger partial charge in [-0.1, -0.05) is 73.2 Å². The summed E-state index contributed by atoms with van der Waals surface area (Å²) in [5.74, 6) is -0.279. The minimum absolute atomic E-state index is 0.131. The highest BCUT2D eigenvalue weighted by Crippen LogP contribution is 2.24. The maximum atomic E-state index is 13.9. The smallest absolute Gasteiger partial charge is 0.254 e. The average molecular weight is 429 g/mol. The molecule has 3 aromatic carbocycles. The van der Waals surface area contributed by atoms with E-state index in [0.29, 0.717) is 13.0 Å². The molecule has 0 aliphatic heterocycles. The van der Waals surface area contributed by atoms with Gasteiger partial charge in [0, 0.05) is 18.7 Å². The van der Waals surface area contributed by atoms with E-state index in [1.807, 2.05) is 48.5 Å². The summed E-state index contributed by atoms with van der Waals surface area (Å²) in [6.45, 7) is 8.49. The van der Waals surface area contributed by atoms with E-state index in [1.54, 1.807) is 11.8 Å². The molecule has 1 N–H and O–H groups in total. The minimum Gasteiger partial charge on any atom is -0.341 e. The van der Waals surface area contributed by atoms with Gasteiger partial charge in [-0.15, -0.1) is 0 Å². The first-order valence-electron chi connectivity index (χ1n) is 11.2. The summed E-state index contributed by atoms with van der Waals surface area (Å²) in [5, 5.41) is 2.93. The molecular weight excluding hydrogens is 396 g/mol. The Bertz CT molecular complexity index is 1060. The van der Waals surface area contributed by atoms with Crippen molar-refractivity contribution >= 4 is 17.5 Å². The largest absolute Gasteiger partial charge is 0.341 e. The standard InChI is InChI=1S/C28H32N2O2/c1-5-26(31)29-27(24-9-7-6-8-10-24)28(32)30(25-16-13-21(3)22(4)19-25)18-17-23-14-11-20(2)12-15-23/h6-16,19,27H,5,17-18H2,1-4H3,(H,29,31). The van der Waals surface area contributed by atoms with Gasteiger partial charge in [0.05, 0.1) is 0 Å². The van der Waals surface area contributed by atoms with Gasteiger partial charge in [0.1, 0.15) is 6.04 Å². The van der Waals surface area contributed by atoms with Crippen LogP contribution in [-0.4, -0.2) is 18.4 Å². The van der Waals surface area contributed by atoms with E-state index in [4.69, 9.17) is 0 Å². The van der Waals surface area contributed by atoms with Crippen molar-refractivity contribution in [2.45, 2.75) is 46.6 Å². The highest BCUT2D eigenvalue weighted by Gasteiger charge is 2.28. The van der Waals surface area contributed by atoms with Crippen molar-refractivity contribution < 1.29 is 9.59 Å². The van der Waals surface area contributed by atoms with E-state index in [-0.39, 0.29) is 11.8 Å². The Morgan fingerprint density at radius 2 is 1.56 bits per heavy atom. The van der Waals surface area contributed by atoms with Gasteiger partial charge in [0.2, 0.25) is 5.91 Å². The molecule has 0 fully saturated rings. The Kier molecular flexibility index (Phi) is 7.82. The molecule has 0 aliphatic carbocycles. The van der Waals surface area contributed by atoms with Crippen LogP contribution >= 0.6 is 0 Å². The fraction of sp³-hybridized carbons (Fsp3) is 0.286. The number of anilines is 1. The molecule has 0 radical (unpaired) electrons. The monoisotopic (exact) mass is 428 g/mol. The van der Waals surface area contributed by atoms with Crippen LogP contribution in [0, 0.1) is 20.8 Å². The first-order chi connectivity index (χ1) is 15.4. The molecule has 0 saturated carbocycles. The summed E-state index contributed by atoms with van der Waals surface area (Å²) in [6, 6.07) is 23.2. The van der Waals surface area contributed by atoms with Crippen LogP contribution < -0.4 is 10.2 Å². The summed E-state index contributed by atoms with van der Waals surface area (Å²) in [5.41, 5.74) is 6.32. The van der Waals surface area contributed by atoms with Crippen molar-refractivity contribution in [3.8, 4) is 0 Å². The molecule has 32 heavy (non-hydrogen) atoms. The number of benzene rings is 3. The zero-order valence-electron chi connectivity index (χ0n) is 19.4. The molecule has 0 heterocycles. The number of hydrogen-bond acceptors (Lipinski definition) is 2. The van der Waals surface area contributed by atoms with Crippen LogP contribution in [0.3, 0.4) is 0 Å². The molecular formula is C28H32N2O2. The van der Waals surface area contributed by atoms with Gasteiger partial charge < -0.3 is 10.2 Å². The van der Waals surface area contributed by atoms with Crippen LogP contribution in [-0.2, 0) is 16.0 Å². The topological polar surface area (TPSA) is 49.4 Å². The Morgan fingerprint density at radius 3 is 2.19 bits per heavy atom. The molecule has 4 nitrogen and oxygen atoms in total. The number of nitrogens with one attached hydrogen (secondary N) is 1. The predicted molar refractivity (Wildman–Crippen MR) is 131 cm³/mol. The van der Waals surface area contributed by atoms with Crippen LogP contribution in [0.25, 0.3) is 0 Å². The second-order valence-electron chi connectivity index (χ2n) is 8.26. The molecule has 0 spiro atoms. The highest BCUT2D eigenvalue weighted by molar-refractivity contribution is 6.00. The lowest BCUT2D eigenvalue weighted by atomic mass is 10.0. The number of rotatable bonds is 8. The number of nitrogens with zero attached hydrogens (tertiary/aromatic N) is 1. The zero-order chi connectivity index (χ0) is 23.1. The van der Waals surface area contributed by atoms with Crippen LogP contribution in [0.4, 0.5) is 5.69 Å². The third kappa shape index (κ3) is 5.85. The lowest BCUT2D eigenvalue weighted by molar-refractivity contribution is -0.127. The van der Waals surface area contributed by atoms with Gasteiger partial charge in [0.15, 0.2) is 0 Å². The summed E-state index contributed by atoms with van der Waals surface area (Å²) < 4.78 is 0. The maximum Gasteiger partial charge on any atom is 0.254 e. The fourth-order valence-corrected chi connectivity index (χ4v) is 3.61. The van der Waals surface area contributed by atoms with E-state index < -0.39 is 6.04 Å².